The summed E-state index contributed by atoms with van der Waals surface area (Å²) in [5.41, 5.74) is 0. The van der Waals surface area contributed by atoms with Crippen molar-refractivity contribution in [1.29, 1.82) is 0 Å². The predicted octanol–water partition coefficient (Wildman–Crippen LogP) is 2.86. The van der Waals surface area contributed by atoms with Gasteiger partial charge in [-0.1, -0.05) is 0 Å². The Kier molecular flexibility index (Phi) is 3.21. The molecular weight excluding hydrogens is 284 g/mol. The Morgan fingerprint density at radius 2 is 1.56 bits per heavy atom. The highest BCUT2D eigenvalue weighted by Crippen LogP contribution is 2.52. The molecule has 0 saturated heterocycles. The van der Waals surface area contributed by atoms with Gasteiger partial charge in [-0.2, -0.15) is 26.3 Å². The molecule has 18 heavy (non-hydrogen) atoms. The zero-order chi connectivity index (χ0) is 14.4. The number of alkyl halides is 8. The third-order valence-corrected chi connectivity index (χ3v) is 1.85. The van der Waals surface area contributed by atoms with E-state index in [1.54, 1.807) is 0 Å². The monoisotopic (exact) mass is 286 g/mol. The normalized spacial score (nSPS) is 14.3. The lowest BCUT2D eigenvalue weighted by Crippen LogP contribution is -2.55. The Bertz CT molecular complexity index is 473. The van der Waals surface area contributed by atoms with E-state index in [4.69, 9.17) is 0 Å². The number of rotatable bonds is 4. The second kappa shape index (κ2) is 3.99. The minimum absolute atomic E-state index is 0.363. The summed E-state index contributed by atoms with van der Waals surface area (Å²) in [4.78, 5) is 10.2. The van der Waals surface area contributed by atoms with E-state index in [2.05, 4.69) is 8.83 Å². The molecule has 3 nitrogen and oxygen atoms in total. The number of hydrogen-bond donors (Lipinski definition) is 0. The highest BCUT2D eigenvalue weighted by atomic mass is 19.4. The van der Waals surface area contributed by atoms with Gasteiger partial charge >= 0.3 is 30.0 Å². The van der Waals surface area contributed by atoms with Crippen molar-refractivity contribution in [2.75, 3.05) is 0 Å². The lowest BCUT2D eigenvalue weighted by Gasteiger charge is -2.30. The molecule has 0 aliphatic rings. The largest absolute Gasteiger partial charge is 0.518 e. The summed E-state index contributed by atoms with van der Waals surface area (Å²) in [7, 11) is 0. The molecule has 0 amide bonds. The summed E-state index contributed by atoms with van der Waals surface area (Å²) < 4.78 is 106. The number of hydrogen-bond acceptors (Lipinski definition) is 3. The molecule has 0 aromatic carbocycles. The van der Waals surface area contributed by atoms with Crippen LogP contribution in [0.3, 0.4) is 0 Å². The SMILES string of the molecule is O=c1occ(C(F)(F)C(F)(F)C(F)(F)C(F)F)o1. The van der Waals surface area contributed by atoms with Crippen LogP contribution in [-0.2, 0) is 5.92 Å². The third-order valence-electron chi connectivity index (χ3n) is 1.85. The molecular formula is C7H2F8O3. The minimum Gasteiger partial charge on any atom is -0.399 e. The van der Waals surface area contributed by atoms with Gasteiger partial charge in [0.1, 0.15) is 6.26 Å². The summed E-state index contributed by atoms with van der Waals surface area (Å²) in [5.74, 6) is -22.8. The van der Waals surface area contributed by atoms with Crippen LogP contribution < -0.4 is 5.82 Å². The molecule has 0 aliphatic heterocycles. The Morgan fingerprint density at radius 3 is 1.89 bits per heavy atom. The van der Waals surface area contributed by atoms with Crippen molar-refractivity contribution in [3.63, 3.8) is 0 Å². The summed E-state index contributed by atoms with van der Waals surface area (Å²) in [6.45, 7) is 0. The van der Waals surface area contributed by atoms with Crippen molar-refractivity contribution in [3.05, 3.63) is 22.6 Å². The first-order chi connectivity index (χ1) is 7.94. The van der Waals surface area contributed by atoms with Crippen molar-refractivity contribution in [1.82, 2.24) is 0 Å². The summed E-state index contributed by atoms with van der Waals surface area (Å²) >= 11 is 0. The molecule has 0 N–H and O–H groups in total. The average Bonchev–Trinajstić information content (AvgIpc) is 2.64. The van der Waals surface area contributed by atoms with Gasteiger partial charge < -0.3 is 8.83 Å². The fraction of sp³-hybridized carbons (Fsp3) is 0.571. The van der Waals surface area contributed by atoms with Crippen molar-refractivity contribution in [2.24, 2.45) is 0 Å². The van der Waals surface area contributed by atoms with Crippen LogP contribution in [0.1, 0.15) is 5.76 Å². The standard InChI is InChI=1S/C7H2F8O3/c8-3(9)6(12,13)7(14,15)5(10,11)2-1-17-4(16)18-2/h1,3H. The van der Waals surface area contributed by atoms with Gasteiger partial charge in [-0.15, -0.1) is 0 Å². The van der Waals surface area contributed by atoms with Crippen molar-refractivity contribution in [2.45, 2.75) is 24.2 Å². The molecule has 104 valence electrons. The summed E-state index contributed by atoms with van der Waals surface area (Å²) in [6.07, 6.45) is -5.41. The van der Waals surface area contributed by atoms with Crippen LogP contribution in [0.2, 0.25) is 0 Å². The van der Waals surface area contributed by atoms with Gasteiger partial charge in [-0.25, -0.2) is 13.6 Å². The molecule has 0 fully saturated rings. The molecule has 1 heterocycles. The van der Waals surface area contributed by atoms with E-state index in [0.29, 0.717) is 0 Å². The Hall–Kier alpha value is -1.55. The van der Waals surface area contributed by atoms with E-state index >= 15 is 0 Å². The Morgan fingerprint density at radius 1 is 1.06 bits per heavy atom. The van der Waals surface area contributed by atoms with Crippen LogP contribution in [0, 0.1) is 0 Å². The summed E-state index contributed by atoms with van der Waals surface area (Å²) in [6, 6.07) is 0. The highest BCUT2D eigenvalue weighted by molar-refractivity contribution is 5.09. The molecule has 0 radical (unpaired) electrons. The summed E-state index contributed by atoms with van der Waals surface area (Å²) in [5, 5.41) is 0. The molecule has 0 aliphatic carbocycles. The van der Waals surface area contributed by atoms with Crippen molar-refractivity contribution >= 4 is 0 Å². The van der Waals surface area contributed by atoms with Crippen molar-refractivity contribution < 1.29 is 44.0 Å². The van der Waals surface area contributed by atoms with Gasteiger partial charge in [-0.3, -0.25) is 0 Å². The van der Waals surface area contributed by atoms with Gasteiger partial charge in [0.25, 0.3) is 0 Å². The smallest absolute Gasteiger partial charge is 0.399 e. The maximum atomic E-state index is 12.9. The van der Waals surface area contributed by atoms with E-state index in [1.807, 2.05) is 0 Å². The van der Waals surface area contributed by atoms with Gasteiger partial charge in [-0.05, 0) is 0 Å². The molecule has 0 saturated carbocycles. The average molecular weight is 286 g/mol. The van der Waals surface area contributed by atoms with Crippen molar-refractivity contribution in [3.8, 4) is 0 Å². The van der Waals surface area contributed by atoms with Gasteiger partial charge in [0.2, 0.25) is 5.76 Å². The van der Waals surface area contributed by atoms with E-state index in [0.717, 1.165) is 0 Å². The van der Waals surface area contributed by atoms with Gasteiger partial charge in [0.15, 0.2) is 0 Å². The second-order valence-electron chi connectivity index (χ2n) is 3.02. The zero-order valence-corrected chi connectivity index (χ0v) is 7.90. The molecule has 1 aromatic heterocycles. The predicted molar refractivity (Wildman–Crippen MR) is 37.0 cm³/mol. The topological polar surface area (TPSA) is 43.4 Å². The molecule has 1 rings (SSSR count). The van der Waals surface area contributed by atoms with Crippen LogP contribution >= 0.6 is 0 Å². The van der Waals surface area contributed by atoms with Crippen LogP contribution in [-0.4, -0.2) is 18.3 Å². The first-order valence-corrected chi connectivity index (χ1v) is 3.95. The second-order valence-corrected chi connectivity index (χ2v) is 3.02. The molecule has 0 bridgehead atoms. The first-order valence-electron chi connectivity index (χ1n) is 3.95. The van der Waals surface area contributed by atoms with Gasteiger partial charge in [0.05, 0.1) is 0 Å². The van der Waals surface area contributed by atoms with Gasteiger partial charge in [0, 0.05) is 0 Å². The highest BCUT2D eigenvalue weighted by Gasteiger charge is 2.77. The third kappa shape index (κ3) is 1.86. The van der Waals surface area contributed by atoms with Crippen LogP contribution in [0.5, 0.6) is 0 Å². The Labute approximate surface area is 92.0 Å². The number of halogens is 8. The maximum absolute atomic E-state index is 12.9. The molecule has 0 unspecified atom stereocenters. The fourth-order valence-corrected chi connectivity index (χ4v) is 0.879. The van der Waals surface area contributed by atoms with E-state index in [1.165, 1.54) is 0 Å². The maximum Gasteiger partial charge on any atom is 0.518 e. The molecule has 11 heteroatoms. The molecule has 0 atom stereocenters. The molecule has 0 spiro atoms. The van der Waals surface area contributed by atoms with Crippen LogP contribution in [0.25, 0.3) is 0 Å². The lowest BCUT2D eigenvalue weighted by atomic mass is 10.0. The van der Waals surface area contributed by atoms with E-state index in [-0.39, 0.29) is 6.26 Å². The molecule has 1 aromatic rings. The van der Waals surface area contributed by atoms with E-state index in [9.17, 15) is 39.9 Å². The lowest BCUT2D eigenvalue weighted by molar-refractivity contribution is -0.347. The Balaban J connectivity index is 3.30. The fourth-order valence-electron chi connectivity index (χ4n) is 0.879. The van der Waals surface area contributed by atoms with Crippen LogP contribution in [0.15, 0.2) is 19.9 Å². The first kappa shape index (κ1) is 14.5. The van der Waals surface area contributed by atoms with Crippen LogP contribution in [0.4, 0.5) is 35.1 Å². The van der Waals surface area contributed by atoms with E-state index < -0.39 is 35.8 Å². The quantitative estimate of drug-likeness (QED) is 0.799. The minimum atomic E-state index is -6.48. The zero-order valence-electron chi connectivity index (χ0n) is 7.90.